The highest BCUT2D eigenvalue weighted by Gasteiger charge is 2.04. The summed E-state index contributed by atoms with van der Waals surface area (Å²) < 4.78 is 0. The van der Waals surface area contributed by atoms with Gasteiger partial charge in [-0.15, -0.1) is 0 Å². The van der Waals surface area contributed by atoms with E-state index in [-0.39, 0.29) is 6.61 Å². The standard InChI is InChI=1S/C9H13NO/c1-7(2)8-4-3-5-10-9(8)6-11/h3-5,7,11H,6H2,1-2H3. The third kappa shape index (κ3) is 1.77. The van der Waals surface area contributed by atoms with Gasteiger partial charge in [-0.1, -0.05) is 19.9 Å². The summed E-state index contributed by atoms with van der Waals surface area (Å²) in [5.41, 5.74) is 1.93. The van der Waals surface area contributed by atoms with Crippen LogP contribution in [0.1, 0.15) is 31.0 Å². The fourth-order valence-electron chi connectivity index (χ4n) is 1.11. The van der Waals surface area contributed by atoms with E-state index in [0.29, 0.717) is 5.92 Å². The molecule has 0 amide bonds. The second kappa shape index (κ2) is 3.49. The molecule has 0 saturated heterocycles. The van der Waals surface area contributed by atoms with Crippen LogP contribution in [0.25, 0.3) is 0 Å². The molecule has 1 aromatic rings. The van der Waals surface area contributed by atoms with Crippen molar-refractivity contribution in [3.05, 3.63) is 29.6 Å². The zero-order chi connectivity index (χ0) is 8.27. The van der Waals surface area contributed by atoms with Gasteiger partial charge in [0.1, 0.15) is 0 Å². The van der Waals surface area contributed by atoms with E-state index >= 15 is 0 Å². The van der Waals surface area contributed by atoms with E-state index in [0.717, 1.165) is 11.3 Å². The minimum Gasteiger partial charge on any atom is -0.390 e. The van der Waals surface area contributed by atoms with E-state index in [4.69, 9.17) is 5.11 Å². The van der Waals surface area contributed by atoms with Gasteiger partial charge in [0.2, 0.25) is 0 Å². The average molecular weight is 151 g/mol. The summed E-state index contributed by atoms with van der Waals surface area (Å²) in [7, 11) is 0. The van der Waals surface area contributed by atoms with Crippen molar-refractivity contribution in [2.45, 2.75) is 26.4 Å². The number of aliphatic hydroxyl groups excluding tert-OH is 1. The smallest absolute Gasteiger partial charge is 0.0855 e. The first-order valence-corrected chi connectivity index (χ1v) is 3.80. The van der Waals surface area contributed by atoms with E-state index in [1.165, 1.54) is 0 Å². The molecular weight excluding hydrogens is 138 g/mol. The van der Waals surface area contributed by atoms with Crippen LogP contribution >= 0.6 is 0 Å². The van der Waals surface area contributed by atoms with Gasteiger partial charge in [0, 0.05) is 6.20 Å². The largest absolute Gasteiger partial charge is 0.390 e. The van der Waals surface area contributed by atoms with Gasteiger partial charge < -0.3 is 5.11 Å². The van der Waals surface area contributed by atoms with Gasteiger partial charge in [0.15, 0.2) is 0 Å². The highest BCUT2D eigenvalue weighted by atomic mass is 16.3. The number of nitrogens with zero attached hydrogens (tertiary/aromatic N) is 1. The molecule has 0 aromatic carbocycles. The normalized spacial score (nSPS) is 10.5. The Labute approximate surface area is 66.9 Å². The maximum Gasteiger partial charge on any atom is 0.0855 e. The third-order valence-electron chi connectivity index (χ3n) is 1.70. The molecule has 2 nitrogen and oxygen atoms in total. The van der Waals surface area contributed by atoms with Gasteiger partial charge in [-0.3, -0.25) is 4.98 Å². The van der Waals surface area contributed by atoms with Crippen LogP contribution < -0.4 is 0 Å². The van der Waals surface area contributed by atoms with Gasteiger partial charge in [-0.05, 0) is 17.5 Å². The highest BCUT2D eigenvalue weighted by molar-refractivity contribution is 5.22. The first-order chi connectivity index (χ1) is 5.25. The van der Waals surface area contributed by atoms with Gasteiger partial charge in [0.25, 0.3) is 0 Å². The molecule has 0 spiro atoms. The number of rotatable bonds is 2. The zero-order valence-electron chi connectivity index (χ0n) is 6.91. The van der Waals surface area contributed by atoms with Crippen molar-refractivity contribution in [1.82, 2.24) is 4.98 Å². The Hall–Kier alpha value is -0.890. The summed E-state index contributed by atoms with van der Waals surface area (Å²) in [5, 5.41) is 8.90. The SMILES string of the molecule is CC(C)c1cccnc1CO. The number of aliphatic hydroxyl groups is 1. The molecule has 0 fully saturated rings. The van der Waals surface area contributed by atoms with Crippen LogP contribution in [0.3, 0.4) is 0 Å². The molecule has 1 rings (SSSR count). The molecule has 0 atom stereocenters. The predicted molar refractivity (Wildman–Crippen MR) is 44.2 cm³/mol. The van der Waals surface area contributed by atoms with Crippen molar-refractivity contribution in [1.29, 1.82) is 0 Å². The van der Waals surface area contributed by atoms with Crippen LogP contribution in [0.5, 0.6) is 0 Å². The molecule has 0 radical (unpaired) electrons. The van der Waals surface area contributed by atoms with Crippen molar-refractivity contribution >= 4 is 0 Å². The fourth-order valence-corrected chi connectivity index (χ4v) is 1.11. The summed E-state index contributed by atoms with van der Waals surface area (Å²) in [4.78, 5) is 4.07. The number of hydrogen-bond donors (Lipinski definition) is 1. The molecule has 0 saturated carbocycles. The molecule has 2 heteroatoms. The van der Waals surface area contributed by atoms with Crippen molar-refractivity contribution < 1.29 is 5.11 Å². The van der Waals surface area contributed by atoms with Crippen LogP contribution in [-0.4, -0.2) is 10.1 Å². The Morgan fingerprint density at radius 1 is 1.55 bits per heavy atom. The molecule has 1 N–H and O–H groups in total. The maximum absolute atomic E-state index is 8.90. The lowest BCUT2D eigenvalue weighted by Gasteiger charge is -2.08. The summed E-state index contributed by atoms with van der Waals surface area (Å²) >= 11 is 0. The molecular formula is C9H13NO. The van der Waals surface area contributed by atoms with Crippen LogP contribution in [-0.2, 0) is 6.61 Å². The Balaban J connectivity index is 3.02. The topological polar surface area (TPSA) is 33.1 Å². The lowest BCUT2D eigenvalue weighted by atomic mass is 10.0. The predicted octanol–water partition coefficient (Wildman–Crippen LogP) is 1.70. The fraction of sp³-hybridized carbons (Fsp3) is 0.444. The molecule has 0 aliphatic rings. The number of hydrogen-bond acceptors (Lipinski definition) is 2. The lowest BCUT2D eigenvalue weighted by molar-refractivity contribution is 0.275. The third-order valence-corrected chi connectivity index (χ3v) is 1.70. The molecule has 1 heterocycles. The van der Waals surface area contributed by atoms with E-state index < -0.39 is 0 Å². The van der Waals surface area contributed by atoms with Crippen molar-refractivity contribution in [3.63, 3.8) is 0 Å². The molecule has 60 valence electrons. The van der Waals surface area contributed by atoms with Gasteiger partial charge in [-0.2, -0.15) is 0 Å². The highest BCUT2D eigenvalue weighted by Crippen LogP contribution is 2.16. The van der Waals surface area contributed by atoms with Crippen molar-refractivity contribution in [2.75, 3.05) is 0 Å². The average Bonchev–Trinajstić information content (AvgIpc) is 2.04. The number of aromatic nitrogens is 1. The summed E-state index contributed by atoms with van der Waals surface area (Å²) in [6.07, 6.45) is 1.71. The minimum absolute atomic E-state index is 0.0361. The van der Waals surface area contributed by atoms with Crippen LogP contribution in [0, 0.1) is 0 Å². The molecule has 0 aliphatic carbocycles. The maximum atomic E-state index is 8.90. The summed E-state index contributed by atoms with van der Waals surface area (Å²) in [5.74, 6) is 0.436. The Bertz CT molecular complexity index is 233. The first kappa shape index (κ1) is 8.21. The molecule has 0 bridgehead atoms. The first-order valence-electron chi connectivity index (χ1n) is 3.80. The van der Waals surface area contributed by atoms with Crippen molar-refractivity contribution in [3.8, 4) is 0 Å². The van der Waals surface area contributed by atoms with Crippen molar-refractivity contribution in [2.24, 2.45) is 0 Å². The molecule has 0 unspecified atom stereocenters. The minimum atomic E-state index is 0.0361. The lowest BCUT2D eigenvalue weighted by Crippen LogP contribution is -1.98. The molecule has 0 aliphatic heterocycles. The second-order valence-electron chi connectivity index (χ2n) is 2.85. The summed E-state index contributed by atoms with van der Waals surface area (Å²) in [6.45, 7) is 4.22. The molecule has 11 heavy (non-hydrogen) atoms. The Kier molecular flexibility index (Phi) is 2.60. The van der Waals surface area contributed by atoms with E-state index in [2.05, 4.69) is 18.8 Å². The monoisotopic (exact) mass is 151 g/mol. The Morgan fingerprint density at radius 2 is 2.27 bits per heavy atom. The zero-order valence-corrected chi connectivity index (χ0v) is 6.91. The van der Waals surface area contributed by atoms with E-state index in [9.17, 15) is 0 Å². The van der Waals surface area contributed by atoms with Gasteiger partial charge in [0.05, 0.1) is 12.3 Å². The van der Waals surface area contributed by atoms with Crippen LogP contribution in [0.4, 0.5) is 0 Å². The van der Waals surface area contributed by atoms with Crippen LogP contribution in [0.15, 0.2) is 18.3 Å². The van der Waals surface area contributed by atoms with Gasteiger partial charge >= 0.3 is 0 Å². The van der Waals surface area contributed by atoms with E-state index in [1.54, 1.807) is 6.20 Å². The van der Waals surface area contributed by atoms with E-state index in [1.807, 2.05) is 12.1 Å². The Morgan fingerprint density at radius 3 is 2.73 bits per heavy atom. The molecule has 1 aromatic heterocycles. The quantitative estimate of drug-likeness (QED) is 0.697. The van der Waals surface area contributed by atoms with Gasteiger partial charge in [-0.25, -0.2) is 0 Å². The van der Waals surface area contributed by atoms with Crippen LogP contribution in [0.2, 0.25) is 0 Å². The number of pyridine rings is 1. The second-order valence-corrected chi connectivity index (χ2v) is 2.85. The summed E-state index contributed by atoms with van der Waals surface area (Å²) in [6, 6.07) is 3.90.